The van der Waals surface area contributed by atoms with E-state index in [0.717, 1.165) is 36.0 Å². The van der Waals surface area contributed by atoms with Crippen LogP contribution in [0, 0.1) is 0 Å². The first-order valence-electron chi connectivity index (χ1n) is 12.1. The zero-order valence-corrected chi connectivity index (χ0v) is 21.3. The van der Waals surface area contributed by atoms with Crippen molar-refractivity contribution < 1.29 is 9.59 Å². The molecular formula is C27H34N4O2S. The molecule has 1 fully saturated rings. The molecule has 0 unspecified atom stereocenters. The number of benzene rings is 2. The maximum Gasteiger partial charge on any atom is 0.243 e. The van der Waals surface area contributed by atoms with Gasteiger partial charge < -0.3 is 14.8 Å². The Hall–Kier alpha value is -2.80. The minimum absolute atomic E-state index is 0.0921. The van der Waals surface area contributed by atoms with Crippen molar-refractivity contribution in [2.45, 2.75) is 76.7 Å². The van der Waals surface area contributed by atoms with Crippen LogP contribution in [0.1, 0.15) is 58.4 Å². The summed E-state index contributed by atoms with van der Waals surface area (Å²) in [5.41, 5.74) is 3.78. The molecule has 4 rings (SSSR count). The zero-order chi connectivity index (χ0) is 24.2. The number of nitrogens with one attached hydrogen (secondary N) is 1. The highest BCUT2D eigenvalue weighted by molar-refractivity contribution is 7.99. The lowest BCUT2D eigenvalue weighted by Gasteiger charge is -2.39. The van der Waals surface area contributed by atoms with Gasteiger partial charge in [0.2, 0.25) is 11.8 Å². The third-order valence-electron chi connectivity index (χ3n) is 6.59. The van der Waals surface area contributed by atoms with E-state index in [1.54, 1.807) is 0 Å². The molecule has 1 saturated heterocycles. The molecule has 180 valence electrons. The molecule has 1 aliphatic heterocycles. The number of anilines is 1. The third-order valence-corrected chi connectivity index (χ3v) is 7.56. The van der Waals surface area contributed by atoms with E-state index in [1.807, 2.05) is 58.0 Å². The first kappa shape index (κ1) is 24.3. The first-order chi connectivity index (χ1) is 16.3. The first-order valence-corrected chi connectivity index (χ1v) is 13.1. The average Bonchev–Trinajstić information content (AvgIpc) is 3.15. The highest BCUT2D eigenvalue weighted by Crippen LogP contribution is 2.27. The molecule has 0 spiro atoms. The Bertz CT molecular complexity index is 1150. The summed E-state index contributed by atoms with van der Waals surface area (Å²) in [4.78, 5) is 32.7. The molecule has 0 bridgehead atoms. The second-order valence-corrected chi connectivity index (χ2v) is 10.5. The van der Waals surface area contributed by atoms with Crippen molar-refractivity contribution in [3.8, 4) is 0 Å². The van der Waals surface area contributed by atoms with Crippen LogP contribution in [0.3, 0.4) is 0 Å². The molecule has 1 N–H and O–H groups in total. The minimum Gasteiger partial charge on any atom is -0.336 e. The maximum atomic E-state index is 13.3. The summed E-state index contributed by atoms with van der Waals surface area (Å²) in [6, 6.07) is 16.3. The fourth-order valence-electron chi connectivity index (χ4n) is 4.72. The summed E-state index contributed by atoms with van der Waals surface area (Å²) in [7, 11) is 0. The van der Waals surface area contributed by atoms with Gasteiger partial charge in [0.05, 0.1) is 16.8 Å². The van der Waals surface area contributed by atoms with Gasteiger partial charge in [-0.15, -0.1) is 0 Å². The predicted octanol–water partition coefficient (Wildman–Crippen LogP) is 5.68. The highest BCUT2D eigenvalue weighted by Gasteiger charge is 2.29. The van der Waals surface area contributed by atoms with Crippen molar-refractivity contribution in [2.24, 2.45) is 0 Å². The highest BCUT2D eigenvalue weighted by atomic mass is 32.2. The van der Waals surface area contributed by atoms with E-state index in [2.05, 4.69) is 33.0 Å². The number of hydrogen-bond donors (Lipinski definition) is 1. The van der Waals surface area contributed by atoms with Gasteiger partial charge in [-0.05, 0) is 68.9 Å². The molecule has 1 aliphatic rings. The lowest BCUT2D eigenvalue weighted by molar-refractivity contribution is -0.138. The predicted molar refractivity (Wildman–Crippen MR) is 139 cm³/mol. The summed E-state index contributed by atoms with van der Waals surface area (Å²) < 4.78 is 1.96. The molecular weight excluding hydrogens is 444 g/mol. The van der Waals surface area contributed by atoms with Crippen LogP contribution in [0.2, 0.25) is 0 Å². The molecule has 0 radical (unpaired) electrons. The number of carbonyl (C=O) groups is 2. The van der Waals surface area contributed by atoms with Crippen molar-refractivity contribution in [2.75, 3.05) is 11.1 Å². The second-order valence-electron chi connectivity index (χ2n) is 9.51. The fourth-order valence-corrected chi connectivity index (χ4v) is 5.54. The van der Waals surface area contributed by atoms with E-state index in [1.165, 1.54) is 17.3 Å². The lowest BCUT2D eigenvalue weighted by atomic mass is 9.97. The number of imidazole rings is 1. The van der Waals surface area contributed by atoms with Gasteiger partial charge in [0.15, 0.2) is 5.16 Å². The number of likely N-dealkylation sites (tertiary alicyclic amines) is 1. The Kier molecular flexibility index (Phi) is 7.61. The molecule has 2 atom stereocenters. The number of thioether (sulfide) groups is 1. The summed E-state index contributed by atoms with van der Waals surface area (Å²) >= 11 is 1.37. The van der Waals surface area contributed by atoms with Crippen LogP contribution in [0.15, 0.2) is 53.7 Å². The normalized spacial score (nSPS) is 18.4. The Morgan fingerprint density at radius 1 is 1.06 bits per heavy atom. The summed E-state index contributed by atoms with van der Waals surface area (Å²) in [6.45, 7) is 8.79. The maximum absolute atomic E-state index is 13.3. The van der Waals surface area contributed by atoms with Gasteiger partial charge in [-0.2, -0.15) is 0 Å². The van der Waals surface area contributed by atoms with E-state index in [4.69, 9.17) is 4.98 Å². The number of aromatic nitrogens is 2. The Morgan fingerprint density at radius 3 is 2.41 bits per heavy atom. The number of hydrogen-bond acceptors (Lipinski definition) is 4. The van der Waals surface area contributed by atoms with Crippen LogP contribution in [0.5, 0.6) is 0 Å². The topological polar surface area (TPSA) is 67.2 Å². The van der Waals surface area contributed by atoms with Gasteiger partial charge in [-0.3, -0.25) is 9.59 Å². The number of para-hydroxylation sites is 2. The molecule has 0 aliphatic carbocycles. The Labute approximate surface area is 206 Å². The quantitative estimate of drug-likeness (QED) is 0.444. The fraction of sp³-hybridized carbons (Fsp3) is 0.444. The number of amides is 2. The van der Waals surface area contributed by atoms with Crippen LogP contribution in [-0.4, -0.2) is 44.1 Å². The van der Waals surface area contributed by atoms with Gasteiger partial charge in [0, 0.05) is 17.8 Å². The molecule has 3 aromatic rings. The van der Waals surface area contributed by atoms with Crippen molar-refractivity contribution in [1.29, 1.82) is 0 Å². The molecule has 1 aromatic heterocycles. The van der Waals surface area contributed by atoms with Crippen molar-refractivity contribution in [3.63, 3.8) is 0 Å². The van der Waals surface area contributed by atoms with Gasteiger partial charge >= 0.3 is 0 Å². The molecule has 2 heterocycles. The molecule has 7 heteroatoms. The van der Waals surface area contributed by atoms with Crippen LogP contribution >= 0.6 is 11.8 Å². The van der Waals surface area contributed by atoms with Crippen molar-refractivity contribution in [1.82, 2.24) is 14.5 Å². The minimum atomic E-state index is -0.0921. The van der Waals surface area contributed by atoms with Gasteiger partial charge in [0.25, 0.3) is 0 Å². The van der Waals surface area contributed by atoms with Crippen molar-refractivity contribution >= 4 is 40.3 Å². The van der Waals surface area contributed by atoms with Crippen LogP contribution in [-0.2, 0) is 16.1 Å². The Morgan fingerprint density at radius 2 is 1.74 bits per heavy atom. The van der Waals surface area contributed by atoms with Gasteiger partial charge in [-0.25, -0.2) is 4.98 Å². The van der Waals surface area contributed by atoms with Gasteiger partial charge in [-0.1, -0.05) is 49.9 Å². The largest absolute Gasteiger partial charge is 0.336 e. The molecule has 6 nitrogen and oxygen atoms in total. The van der Waals surface area contributed by atoms with E-state index in [9.17, 15) is 9.59 Å². The van der Waals surface area contributed by atoms with E-state index >= 15 is 0 Å². The van der Waals surface area contributed by atoms with Gasteiger partial charge in [0.1, 0.15) is 6.54 Å². The SMILES string of the molecule is CC(C)c1ccc(NC(=O)CSc2nc3ccccc3n2CC(=O)N2[C@H](C)CCC[C@H]2C)cc1. The van der Waals surface area contributed by atoms with Crippen LogP contribution in [0.4, 0.5) is 5.69 Å². The lowest BCUT2D eigenvalue weighted by Crippen LogP contribution is -2.48. The van der Waals surface area contributed by atoms with E-state index in [0.29, 0.717) is 11.1 Å². The summed E-state index contributed by atoms with van der Waals surface area (Å²) in [5.74, 6) is 0.691. The van der Waals surface area contributed by atoms with E-state index < -0.39 is 0 Å². The third kappa shape index (κ3) is 5.46. The van der Waals surface area contributed by atoms with Crippen molar-refractivity contribution in [3.05, 3.63) is 54.1 Å². The molecule has 0 saturated carbocycles. The molecule has 2 aromatic carbocycles. The zero-order valence-electron chi connectivity index (χ0n) is 20.5. The Balaban J connectivity index is 1.47. The summed E-state index contributed by atoms with van der Waals surface area (Å²) in [5, 5.41) is 3.66. The monoisotopic (exact) mass is 478 g/mol. The second kappa shape index (κ2) is 10.6. The van der Waals surface area contributed by atoms with Crippen LogP contribution < -0.4 is 5.32 Å². The molecule has 2 amide bonds. The smallest absolute Gasteiger partial charge is 0.243 e. The number of carbonyl (C=O) groups excluding carboxylic acids is 2. The standard InChI is InChI=1S/C27H34N4O2S/c1-18(2)21-12-14-22(15-13-21)28-25(32)17-34-27-29-23-10-5-6-11-24(23)30(27)16-26(33)31-19(3)8-7-9-20(31)4/h5-6,10-15,18-20H,7-9,16-17H2,1-4H3,(H,28,32)/t19-,20-/m1/s1. The number of rotatable bonds is 7. The van der Waals surface area contributed by atoms with Crippen LogP contribution in [0.25, 0.3) is 11.0 Å². The van der Waals surface area contributed by atoms with E-state index in [-0.39, 0.29) is 36.2 Å². The number of nitrogens with zero attached hydrogens (tertiary/aromatic N) is 3. The number of piperidine rings is 1. The summed E-state index contributed by atoms with van der Waals surface area (Å²) in [6.07, 6.45) is 3.25. The average molecular weight is 479 g/mol. The number of fused-ring (bicyclic) bond motifs is 1. The molecule has 34 heavy (non-hydrogen) atoms.